The fourth-order valence-electron chi connectivity index (χ4n) is 2.88. The molecule has 0 aromatic heterocycles. The average Bonchev–Trinajstić information content (AvgIpc) is 2.66. The van der Waals surface area contributed by atoms with Crippen LogP contribution in [0.3, 0.4) is 0 Å². The summed E-state index contributed by atoms with van der Waals surface area (Å²) < 4.78 is 9.62. The Morgan fingerprint density at radius 3 is 2.44 bits per heavy atom. The first-order valence-electron chi connectivity index (χ1n) is 7.66. The van der Waals surface area contributed by atoms with E-state index in [9.17, 15) is 19.7 Å². The first-order valence-corrected chi connectivity index (χ1v) is 7.66. The topological polar surface area (TPSA) is 140 Å². The molecule has 27 heavy (non-hydrogen) atoms. The maximum absolute atomic E-state index is 12.4. The minimum Gasteiger partial charge on any atom is -0.466 e. The number of rotatable bonds is 5. The normalized spacial score (nSPS) is 16.9. The monoisotopic (exact) mass is 375 g/mol. The van der Waals surface area contributed by atoms with Crippen molar-refractivity contribution in [3.05, 3.63) is 62.5 Å². The van der Waals surface area contributed by atoms with Crippen molar-refractivity contribution in [2.24, 2.45) is 5.16 Å². The Hall–Kier alpha value is -3.69. The molecule has 0 saturated carbocycles. The lowest BCUT2D eigenvalue weighted by molar-refractivity contribution is -0.384. The Kier molecular flexibility index (Phi) is 5.91. The highest BCUT2D eigenvalue weighted by Gasteiger charge is 2.38. The number of esters is 2. The SMILES string of the molecule is COC(=O)C1=C(C)NC(C=NO)=C(C(=O)OC)C1c1cccc([N+](=O)[O-])c1. The molecule has 1 aromatic carbocycles. The number of nitro groups is 1. The van der Waals surface area contributed by atoms with Gasteiger partial charge in [0.05, 0.1) is 48.1 Å². The number of dihydropyridines is 1. The van der Waals surface area contributed by atoms with E-state index in [1.54, 1.807) is 6.92 Å². The van der Waals surface area contributed by atoms with E-state index in [0.29, 0.717) is 11.3 Å². The van der Waals surface area contributed by atoms with Crippen molar-refractivity contribution in [2.75, 3.05) is 14.2 Å². The van der Waals surface area contributed by atoms with Crippen molar-refractivity contribution >= 4 is 23.8 Å². The van der Waals surface area contributed by atoms with Gasteiger partial charge in [0.1, 0.15) is 0 Å². The van der Waals surface area contributed by atoms with Crippen LogP contribution in [-0.2, 0) is 19.1 Å². The Labute approximate surface area is 153 Å². The van der Waals surface area contributed by atoms with Crippen LogP contribution in [0.1, 0.15) is 18.4 Å². The molecule has 1 heterocycles. The van der Waals surface area contributed by atoms with Crippen LogP contribution in [0.25, 0.3) is 0 Å². The summed E-state index contributed by atoms with van der Waals surface area (Å²) in [5, 5.41) is 25.8. The predicted octanol–water partition coefficient (Wildman–Crippen LogP) is 1.62. The molecule has 1 atom stereocenters. The van der Waals surface area contributed by atoms with Crippen LogP contribution in [0, 0.1) is 10.1 Å². The molecule has 2 rings (SSSR count). The molecule has 10 nitrogen and oxygen atoms in total. The summed E-state index contributed by atoms with van der Waals surface area (Å²) in [6.45, 7) is 1.57. The molecule has 1 unspecified atom stereocenters. The zero-order valence-corrected chi connectivity index (χ0v) is 14.8. The fraction of sp³-hybridized carbons (Fsp3) is 0.235. The first kappa shape index (κ1) is 19.6. The Morgan fingerprint density at radius 2 is 1.89 bits per heavy atom. The number of nitrogens with zero attached hydrogens (tertiary/aromatic N) is 2. The molecule has 0 aliphatic carbocycles. The highest BCUT2D eigenvalue weighted by atomic mass is 16.6. The summed E-state index contributed by atoms with van der Waals surface area (Å²) >= 11 is 0. The maximum Gasteiger partial charge on any atom is 0.336 e. The van der Waals surface area contributed by atoms with E-state index in [1.165, 1.54) is 31.4 Å². The van der Waals surface area contributed by atoms with Gasteiger partial charge in [-0.3, -0.25) is 10.1 Å². The zero-order valence-electron chi connectivity index (χ0n) is 14.8. The summed E-state index contributed by atoms with van der Waals surface area (Å²) in [5.74, 6) is -2.56. The maximum atomic E-state index is 12.4. The van der Waals surface area contributed by atoms with Crippen molar-refractivity contribution in [3.8, 4) is 0 Å². The van der Waals surface area contributed by atoms with E-state index in [1.807, 2.05) is 0 Å². The second-order valence-electron chi connectivity index (χ2n) is 5.50. The van der Waals surface area contributed by atoms with Gasteiger partial charge in [0.2, 0.25) is 0 Å². The minimum atomic E-state index is -1.03. The highest BCUT2D eigenvalue weighted by Crippen LogP contribution is 2.39. The van der Waals surface area contributed by atoms with Crippen LogP contribution in [-0.4, -0.2) is 42.5 Å². The standard InChI is InChI=1S/C17H17N3O7/c1-9-13(16(21)26-2)14(10-5-4-6-11(7-10)20(24)25)15(17(22)27-3)12(19-9)8-18-23/h4-8,14,19,23H,1-3H3. The van der Waals surface area contributed by atoms with Gasteiger partial charge in [-0.05, 0) is 12.5 Å². The molecule has 1 aliphatic rings. The molecule has 0 fully saturated rings. The summed E-state index contributed by atoms with van der Waals surface area (Å²) in [5.41, 5.74) is 0.534. The Balaban J connectivity index is 2.81. The van der Waals surface area contributed by atoms with E-state index in [2.05, 4.69) is 10.5 Å². The lowest BCUT2D eigenvalue weighted by Crippen LogP contribution is -2.33. The number of methoxy groups -OCH3 is 2. The number of hydrogen-bond donors (Lipinski definition) is 2. The zero-order chi connectivity index (χ0) is 20.1. The molecule has 0 saturated heterocycles. The molecule has 0 amide bonds. The predicted molar refractivity (Wildman–Crippen MR) is 93.0 cm³/mol. The van der Waals surface area contributed by atoms with Crippen LogP contribution >= 0.6 is 0 Å². The van der Waals surface area contributed by atoms with Crippen molar-refractivity contribution in [1.82, 2.24) is 5.32 Å². The number of non-ortho nitro benzene ring substituents is 1. The average molecular weight is 375 g/mol. The van der Waals surface area contributed by atoms with Gasteiger partial charge in [0.15, 0.2) is 0 Å². The summed E-state index contributed by atoms with van der Waals surface area (Å²) in [7, 11) is 2.33. The van der Waals surface area contributed by atoms with Gasteiger partial charge >= 0.3 is 11.9 Å². The molecule has 1 aliphatic heterocycles. The van der Waals surface area contributed by atoms with E-state index >= 15 is 0 Å². The molecular weight excluding hydrogens is 358 g/mol. The molecular formula is C17H17N3O7. The lowest BCUT2D eigenvalue weighted by atomic mass is 9.80. The van der Waals surface area contributed by atoms with Gasteiger partial charge in [0, 0.05) is 17.8 Å². The number of hydrogen-bond acceptors (Lipinski definition) is 9. The van der Waals surface area contributed by atoms with Gasteiger partial charge < -0.3 is 20.0 Å². The van der Waals surface area contributed by atoms with Gasteiger partial charge in [-0.15, -0.1) is 0 Å². The van der Waals surface area contributed by atoms with Crippen LogP contribution < -0.4 is 5.32 Å². The Morgan fingerprint density at radius 1 is 1.26 bits per heavy atom. The third kappa shape index (κ3) is 3.78. The quantitative estimate of drug-likeness (QED) is 0.260. The number of nitrogens with one attached hydrogen (secondary N) is 1. The molecule has 1 aromatic rings. The lowest BCUT2D eigenvalue weighted by Gasteiger charge is -2.29. The van der Waals surface area contributed by atoms with Crippen molar-refractivity contribution < 1.29 is 29.2 Å². The summed E-state index contributed by atoms with van der Waals surface area (Å²) in [6, 6.07) is 5.52. The van der Waals surface area contributed by atoms with E-state index in [4.69, 9.17) is 14.7 Å². The number of ether oxygens (including phenoxy) is 2. The molecule has 2 N–H and O–H groups in total. The number of oxime groups is 1. The number of allylic oxidation sites excluding steroid dienone is 2. The van der Waals surface area contributed by atoms with Crippen LogP contribution in [0.2, 0.25) is 0 Å². The molecule has 142 valence electrons. The van der Waals surface area contributed by atoms with E-state index < -0.39 is 22.8 Å². The van der Waals surface area contributed by atoms with Crippen molar-refractivity contribution in [2.45, 2.75) is 12.8 Å². The third-order valence-corrected chi connectivity index (χ3v) is 4.01. The second kappa shape index (κ2) is 8.13. The van der Waals surface area contributed by atoms with Crippen LogP contribution in [0.15, 0.2) is 52.0 Å². The van der Waals surface area contributed by atoms with Gasteiger partial charge in [-0.25, -0.2) is 9.59 Å². The molecule has 10 heteroatoms. The van der Waals surface area contributed by atoms with E-state index in [0.717, 1.165) is 13.3 Å². The fourth-order valence-corrected chi connectivity index (χ4v) is 2.88. The first-order chi connectivity index (χ1) is 12.8. The largest absolute Gasteiger partial charge is 0.466 e. The van der Waals surface area contributed by atoms with Crippen LogP contribution in [0.5, 0.6) is 0 Å². The molecule has 0 spiro atoms. The number of benzene rings is 1. The Bertz CT molecular complexity index is 886. The smallest absolute Gasteiger partial charge is 0.336 e. The number of carbonyl (C=O) groups is 2. The summed E-state index contributed by atoms with van der Waals surface area (Å²) in [6.07, 6.45) is 0.980. The number of nitro benzene ring substituents is 1. The summed E-state index contributed by atoms with van der Waals surface area (Å²) in [4.78, 5) is 35.4. The van der Waals surface area contributed by atoms with Crippen molar-refractivity contribution in [3.63, 3.8) is 0 Å². The van der Waals surface area contributed by atoms with Crippen LogP contribution in [0.4, 0.5) is 5.69 Å². The van der Waals surface area contributed by atoms with Crippen molar-refractivity contribution in [1.29, 1.82) is 0 Å². The number of carbonyl (C=O) groups excluding carboxylic acids is 2. The van der Waals surface area contributed by atoms with E-state index in [-0.39, 0.29) is 22.5 Å². The second-order valence-corrected chi connectivity index (χ2v) is 5.50. The highest BCUT2D eigenvalue weighted by molar-refractivity contribution is 6.03. The van der Waals surface area contributed by atoms with Gasteiger partial charge in [-0.2, -0.15) is 0 Å². The van der Waals surface area contributed by atoms with Gasteiger partial charge in [0.25, 0.3) is 5.69 Å². The molecule has 0 radical (unpaired) electrons. The molecule has 0 bridgehead atoms. The third-order valence-electron chi connectivity index (χ3n) is 4.01. The van der Waals surface area contributed by atoms with Gasteiger partial charge in [-0.1, -0.05) is 17.3 Å². The minimum absolute atomic E-state index is 0.0539.